The molecule has 0 unspecified atom stereocenters. The van der Waals surface area contributed by atoms with E-state index in [4.69, 9.17) is 14.9 Å². The van der Waals surface area contributed by atoms with E-state index in [-0.39, 0.29) is 16.9 Å². The van der Waals surface area contributed by atoms with Gasteiger partial charge in [-0.1, -0.05) is 12.1 Å². The summed E-state index contributed by atoms with van der Waals surface area (Å²) in [6.45, 7) is 2.83. The fraction of sp³-hybridized carbons (Fsp3) is 0.227. The third-order valence-electron chi connectivity index (χ3n) is 4.63. The van der Waals surface area contributed by atoms with Gasteiger partial charge in [0.15, 0.2) is 5.76 Å². The van der Waals surface area contributed by atoms with Crippen LogP contribution in [0.1, 0.15) is 32.9 Å². The monoisotopic (exact) mass is 409 g/mol. The number of ether oxygens (including phenoxy) is 1. The molecule has 2 heterocycles. The Morgan fingerprint density at radius 1 is 1.20 bits per heavy atom. The quantitative estimate of drug-likeness (QED) is 0.555. The summed E-state index contributed by atoms with van der Waals surface area (Å²) in [5.74, 6) is -0.666. The lowest BCUT2D eigenvalue weighted by Crippen LogP contribution is -2.29. The maximum Gasteiger partial charge on any atom is 0.284 e. The summed E-state index contributed by atoms with van der Waals surface area (Å²) < 4.78 is 11.9. The zero-order valence-corrected chi connectivity index (χ0v) is 16.8. The number of pyridine rings is 1. The summed E-state index contributed by atoms with van der Waals surface area (Å²) in [5, 5.41) is 2.79. The van der Waals surface area contributed by atoms with Gasteiger partial charge in [0.25, 0.3) is 17.4 Å². The Labute approximate surface area is 173 Å². The van der Waals surface area contributed by atoms with Crippen LogP contribution in [0.4, 0.5) is 5.69 Å². The van der Waals surface area contributed by atoms with Gasteiger partial charge in [-0.25, -0.2) is 0 Å². The number of nitrogens with zero attached hydrogens (tertiary/aromatic N) is 1. The summed E-state index contributed by atoms with van der Waals surface area (Å²) in [4.78, 5) is 36.7. The topological polar surface area (TPSA) is 117 Å². The van der Waals surface area contributed by atoms with E-state index in [2.05, 4.69) is 5.32 Å². The Balaban J connectivity index is 1.84. The molecule has 156 valence electrons. The summed E-state index contributed by atoms with van der Waals surface area (Å²) >= 11 is 0. The van der Waals surface area contributed by atoms with Crippen LogP contribution in [0.5, 0.6) is 0 Å². The second-order valence-corrected chi connectivity index (χ2v) is 6.78. The molecule has 8 heteroatoms. The van der Waals surface area contributed by atoms with E-state index in [0.717, 1.165) is 5.56 Å². The molecule has 30 heavy (non-hydrogen) atoms. The van der Waals surface area contributed by atoms with E-state index in [9.17, 15) is 14.4 Å². The van der Waals surface area contributed by atoms with Crippen LogP contribution >= 0.6 is 0 Å². The van der Waals surface area contributed by atoms with Gasteiger partial charge < -0.3 is 24.8 Å². The van der Waals surface area contributed by atoms with Gasteiger partial charge in [0.2, 0.25) is 0 Å². The van der Waals surface area contributed by atoms with Crippen LogP contribution in [0.25, 0.3) is 11.3 Å². The predicted molar refractivity (Wildman–Crippen MR) is 113 cm³/mol. The minimum Gasteiger partial charge on any atom is -0.451 e. The van der Waals surface area contributed by atoms with E-state index >= 15 is 0 Å². The van der Waals surface area contributed by atoms with Gasteiger partial charge in [0.1, 0.15) is 11.3 Å². The van der Waals surface area contributed by atoms with Crippen molar-refractivity contribution in [3.63, 3.8) is 0 Å². The number of aryl methyl sites for hydroxylation is 2. The van der Waals surface area contributed by atoms with Crippen LogP contribution in [-0.4, -0.2) is 30.1 Å². The molecule has 0 saturated carbocycles. The summed E-state index contributed by atoms with van der Waals surface area (Å²) in [7, 11) is 1.60. The number of aromatic nitrogens is 1. The molecule has 0 fully saturated rings. The van der Waals surface area contributed by atoms with E-state index in [0.29, 0.717) is 36.6 Å². The molecule has 0 atom stereocenters. The molecule has 0 bridgehead atoms. The van der Waals surface area contributed by atoms with Crippen molar-refractivity contribution in [2.24, 2.45) is 5.73 Å². The third kappa shape index (κ3) is 4.66. The van der Waals surface area contributed by atoms with Gasteiger partial charge in [0, 0.05) is 37.7 Å². The number of carbonyl (C=O) groups is 2. The highest BCUT2D eigenvalue weighted by atomic mass is 16.5. The van der Waals surface area contributed by atoms with Crippen LogP contribution < -0.4 is 16.6 Å². The Morgan fingerprint density at radius 2 is 2.00 bits per heavy atom. The second-order valence-electron chi connectivity index (χ2n) is 6.78. The molecule has 0 radical (unpaired) electrons. The molecule has 2 aromatic heterocycles. The Morgan fingerprint density at radius 3 is 2.70 bits per heavy atom. The minimum absolute atomic E-state index is 0.0498. The number of nitrogens with one attached hydrogen (secondary N) is 1. The first-order chi connectivity index (χ1) is 14.4. The fourth-order valence-corrected chi connectivity index (χ4v) is 2.99. The molecule has 0 spiro atoms. The Hall–Kier alpha value is -3.65. The molecule has 0 aliphatic heterocycles. The number of methoxy groups -OCH3 is 1. The van der Waals surface area contributed by atoms with Crippen molar-refractivity contribution in [2.45, 2.75) is 19.9 Å². The maximum atomic E-state index is 12.8. The normalized spacial score (nSPS) is 10.7. The van der Waals surface area contributed by atoms with Crippen LogP contribution in [0.2, 0.25) is 0 Å². The van der Waals surface area contributed by atoms with Crippen LogP contribution in [-0.2, 0) is 11.3 Å². The molecule has 1 aromatic carbocycles. The number of carbonyl (C=O) groups excluding carboxylic acids is 2. The highest BCUT2D eigenvalue weighted by Crippen LogP contribution is 2.27. The first-order valence-electron chi connectivity index (χ1n) is 9.41. The average Bonchev–Trinajstić information content (AvgIpc) is 3.21. The number of anilines is 1. The first-order valence-corrected chi connectivity index (χ1v) is 9.41. The highest BCUT2D eigenvalue weighted by Gasteiger charge is 2.15. The molecular formula is C22H23N3O5. The molecule has 0 saturated heterocycles. The standard InChI is InChI=1S/C22H23N3O5/c1-14-6-7-15(18-8-9-19(30-18)20(23)26)13-17(14)24-21(27)16-5-3-10-25(22(16)28)11-4-12-29-2/h3,5-10,13H,4,11-12H2,1-2H3,(H2,23,26)(H,24,27). The smallest absolute Gasteiger partial charge is 0.284 e. The lowest BCUT2D eigenvalue weighted by molar-refractivity contribution is 0.0973. The van der Waals surface area contributed by atoms with Gasteiger partial charge in [-0.05, 0) is 49.2 Å². The SMILES string of the molecule is COCCCn1cccc(C(=O)Nc2cc(-c3ccc(C(N)=O)o3)ccc2C)c1=O. The Bertz CT molecular complexity index is 1130. The van der Waals surface area contributed by atoms with Crippen molar-refractivity contribution < 1.29 is 18.7 Å². The van der Waals surface area contributed by atoms with E-state index < -0.39 is 11.8 Å². The number of furan rings is 1. The summed E-state index contributed by atoms with van der Waals surface area (Å²) in [5.41, 5.74) is 6.91. The lowest BCUT2D eigenvalue weighted by atomic mass is 10.1. The summed E-state index contributed by atoms with van der Waals surface area (Å²) in [6, 6.07) is 11.6. The van der Waals surface area contributed by atoms with Gasteiger partial charge >= 0.3 is 0 Å². The van der Waals surface area contributed by atoms with Crippen molar-refractivity contribution in [1.29, 1.82) is 0 Å². The molecule has 3 N–H and O–H groups in total. The average molecular weight is 409 g/mol. The minimum atomic E-state index is -0.659. The predicted octanol–water partition coefficient (Wildman–Crippen LogP) is 2.80. The van der Waals surface area contributed by atoms with Gasteiger partial charge in [-0.3, -0.25) is 14.4 Å². The zero-order chi connectivity index (χ0) is 21.7. The van der Waals surface area contributed by atoms with Gasteiger partial charge in [-0.15, -0.1) is 0 Å². The van der Waals surface area contributed by atoms with Gasteiger partial charge in [-0.2, -0.15) is 0 Å². The number of amides is 2. The van der Waals surface area contributed by atoms with Crippen LogP contribution in [0.3, 0.4) is 0 Å². The van der Waals surface area contributed by atoms with Crippen molar-refractivity contribution >= 4 is 17.5 Å². The second kappa shape index (κ2) is 9.23. The lowest BCUT2D eigenvalue weighted by Gasteiger charge is -2.11. The third-order valence-corrected chi connectivity index (χ3v) is 4.63. The largest absolute Gasteiger partial charge is 0.451 e. The van der Waals surface area contributed by atoms with Crippen LogP contribution in [0, 0.1) is 6.92 Å². The molecule has 3 aromatic rings. The number of rotatable bonds is 8. The number of benzene rings is 1. The van der Waals surface area contributed by atoms with Crippen molar-refractivity contribution in [2.75, 3.05) is 19.0 Å². The highest BCUT2D eigenvalue weighted by molar-refractivity contribution is 6.04. The number of hydrogen-bond acceptors (Lipinski definition) is 5. The zero-order valence-electron chi connectivity index (χ0n) is 16.8. The number of hydrogen-bond donors (Lipinski definition) is 2. The first kappa shape index (κ1) is 21.1. The Kier molecular flexibility index (Phi) is 6.48. The molecule has 8 nitrogen and oxygen atoms in total. The number of nitrogens with two attached hydrogens (primary N) is 1. The molecule has 2 amide bonds. The van der Waals surface area contributed by atoms with Crippen molar-refractivity contribution in [1.82, 2.24) is 4.57 Å². The summed E-state index contributed by atoms with van der Waals surface area (Å²) in [6.07, 6.45) is 2.31. The fourth-order valence-electron chi connectivity index (χ4n) is 2.99. The van der Waals surface area contributed by atoms with Crippen molar-refractivity contribution in [3.05, 3.63) is 75.9 Å². The molecule has 0 aliphatic rings. The van der Waals surface area contributed by atoms with Crippen molar-refractivity contribution in [3.8, 4) is 11.3 Å². The molecule has 0 aliphatic carbocycles. The van der Waals surface area contributed by atoms with Gasteiger partial charge in [0.05, 0.1) is 0 Å². The van der Waals surface area contributed by atoms with Crippen LogP contribution in [0.15, 0.2) is 57.9 Å². The van der Waals surface area contributed by atoms with E-state index in [1.165, 1.54) is 16.7 Å². The molecule has 3 rings (SSSR count). The maximum absolute atomic E-state index is 12.8. The molecular weight excluding hydrogens is 386 g/mol. The van der Waals surface area contributed by atoms with E-state index in [1.807, 2.05) is 13.0 Å². The number of primary amides is 1. The van der Waals surface area contributed by atoms with E-state index in [1.54, 1.807) is 37.6 Å².